The lowest BCUT2D eigenvalue weighted by Gasteiger charge is -2.36. The van der Waals surface area contributed by atoms with E-state index in [4.69, 9.17) is 9.16 Å². The van der Waals surface area contributed by atoms with Crippen molar-refractivity contribution in [2.24, 2.45) is 0 Å². The van der Waals surface area contributed by atoms with Crippen LogP contribution in [0.4, 0.5) is 5.69 Å². The molecule has 0 heterocycles. The highest BCUT2D eigenvalue weighted by atomic mass is 28.4. The Morgan fingerprint density at radius 2 is 1.67 bits per heavy atom. The number of methoxy groups -OCH3 is 1. The maximum atomic E-state index is 6.17. The first-order chi connectivity index (χ1) is 9.76. The molecule has 0 bridgehead atoms. The molecule has 21 heavy (non-hydrogen) atoms. The molecule has 0 aliphatic rings. The molecule has 0 radical (unpaired) electrons. The Bertz CT molecular complexity index is 410. The molecule has 0 spiro atoms. The molecular weight excluding hydrogens is 278 g/mol. The Balaban J connectivity index is 2.17. The first-order valence-electron chi connectivity index (χ1n) is 7.78. The summed E-state index contributed by atoms with van der Waals surface area (Å²) in [5.74, 6) is 0.892. The lowest BCUT2D eigenvalue weighted by atomic mass is 10.2. The minimum absolute atomic E-state index is 0.300. The normalized spacial score (nSPS) is 12.3. The van der Waals surface area contributed by atoms with Gasteiger partial charge in [0.05, 0.1) is 7.11 Å². The van der Waals surface area contributed by atoms with Gasteiger partial charge in [-0.3, -0.25) is 0 Å². The third-order valence-electron chi connectivity index (χ3n) is 4.26. The van der Waals surface area contributed by atoms with Crippen LogP contribution in [0.25, 0.3) is 0 Å². The maximum absolute atomic E-state index is 6.17. The van der Waals surface area contributed by atoms with Crippen molar-refractivity contribution in [2.45, 2.75) is 51.7 Å². The molecule has 1 rings (SSSR count). The number of hydrogen-bond acceptors (Lipinski definition) is 3. The first kappa shape index (κ1) is 18.0. The summed E-state index contributed by atoms with van der Waals surface area (Å²) in [4.78, 5) is 0. The van der Waals surface area contributed by atoms with Crippen LogP contribution in [0.5, 0.6) is 5.75 Å². The fourth-order valence-electron chi connectivity index (χ4n) is 1.71. The second-order valence-corrected chi connectivity index (χ2v) is 11.8. The largest absolute Gasteiger partial charge is 0.497 e. The van der Waals surface area contributed by atoms with Crippen molar-refractivity contribution in [2.75, 3.05) is 25.6 Å². The van der Waals surface area contributed by atoms with Crippen molar-refractivity contribution in [3.8, 4) is 5.75 Å². The molecule has 0 aliphatic carbocycles. The zero-order chi connectivity index (χ0) is 15.9. The van der Waals surface area contributed by atoms with Crippen LogP contribution in [-0.4, -0.2) is 28.6 Å². The predicted molar refractivity (Wildman–Crippen MR) is 93.9 cm³/mol. The highest BCUT2D eigenvalue weighted by Gasteiger charge is 2.36. The topological polar surface area (TPSA) is 30.5 Å². The van der Waals surface area contributed by atoms with E-state index in [1.165, 1.54) is 0 Å². The van der Waals surface area contributed by atoms with E-state index in [0.717, 1.165) is 37.4 Å². The Kier molecular flexibility index (Phi) is 6.75. The highest BCUT2D eigenvalue weighted by molar-refractivity contribution is 6.74. The van der Waals surface area contributed by atoms with Crippen LogP contribution in [0.1, 0.15) is 33.6 Å². The fourth-order valence-corrected chi connectivity index (χ4v) is 2.80. The van der Waals surface area contributed by atoms with Crippen molar-refractivity contribution >= 4 is 14.0 Å². The minimum atomic E-state index is -1.57. The van der Waals surface area contributed by atoms with Crippen molar-refractivity contribution in [3.05, 3.63) is 24.3 Å². The van der Waals surface area contributed by atoms with Crippen LogP contribution in [0.15, 0.2) is 24.3 Å². The van der Waals surface area contributed by atoms with E-state index in [2.05, 4.69) is 39.2 Å². The molecule has 1 aromatic carbocycles. The lowest BCUT2D eigenvalue weighted by Crippen LogP contribution is -2.41. The Morgan fingerprint density at radius 3 is 2.19 bits per heavy atom. The van der Waals surface area contributed by atoms with Gasteiger partial charge in [0, 0.05) is 18.8 Å². The molecule has 0 atom stereocenters. The SMILES string of the molecule is COc1ccc(NCCCCO[Si](C)(C)C(C)(C)C)cc1. The van der Waals surface area contributed by atoms with E-state index in [9.17, 15) is 0 Å². The van der Waals surface area contributed by atoms with Gasteiger partial charge >= 0.3 is 0 Å². The van der Waals surface area contributed by atoms with Crippen LogP contribution >= 0.6 is 0 Å². The third-order valence-corrected chi connectivity index (χ3v) is 8.80. The molecular formula is C17H31NO2Si. The Hall–Kier alpha value is -1.00. The molecule has 1 N–H and O–H groups in total. The summed E-state index contributed by atoms with van der Waals surface area (Å²) in [6, 6.07) is 8.04. The second kappa shape index (κ2) is 7.85. The van der Waals surface area contributed by atoms with Crippen LogP contribution in [0.2, 0.25) is 18.1 Å². The fraction of sp³-hybridized carbons (Fsp3) is 0.647. The average molecular weight is 310 g/mol. The van der Waals surface area contributed by atoms with E-state index >= 15 is 0 Å². The quantitative estimate of drug-likeness (QED) is 0.547. The van der Waals surface area contributed by atoms with Crippen molar-refractivity contribution in [1.29, 1.82) is 0 Å². The molecule has 0 amide bonds. The zero-order valence-corrected chi connectivity index (χ0v) is 15.5. The van der Waals surface area contributed by atoms with E-state index in [1.54, 1.807) is 7.11 Å². The molecule has 0 fully saturated rings. The molecule has 4 heteroatoms. The van der Waals surface area contributed by atoms with Gasteiger partial charge in [-0.25, -0.2) is 0 Å². The van der Waals surface area contributed by atoms with Crippen LogP contribution in [0.3, 0.4) is 0 Å². The lowest BCUT2D eigenvalue weighted by molar-refractivity contribution is 0.280. The monoisotopic (exact) mass is 309 g/mol. The molecule has 1 aromatic rings. The van der Waals surface area contributed by atoms with Crippen LogP contribution in [-0.2, 0) is 4.43 Å². The maximum Gasteiger partial charge on any atom is 0.191 e. The van der Waals surface area contributed by atoms with Crippen LogP contribution < -0.4 is 10.1 Å². The summed E-state index contributed by atoms with van der Waals surface area (Å²) in [7, 11) is 0.111. The van der Waals surface area contributed by atoms with Crippen LogP contribution in [0, 0.1) is 0 Å². The van der Waals surface area contributed by atoms with Gasteiger partial charge in [-0.05, 0) is 55.2 Å². The van der Waals surface area contributed by atoms with Gasteiger partial charge in [-0.2, -0.15) is 0 Å². The van der Waals surface area contributed by atoms with Gasteiger partial charge in [-0.1, -0.05) is 20.8 Å². The first-order valence-corrected chi connectivity index (χ1v) is 10.7. The standard InChI is InChI=1S/C17H31NO2Si/c1-17(2,3)21(5,6)20-14-8-7-13-18-15-9-11-16(19-4)12-10-15/h9-12,18H,7-8,13-14H2,1-6H3. The van der Waals surface area contributed by atoms with Crippen molar-refractivity contribution in [3.63, 3.8) is 0 Å². The average Bonchev–Trinajstić information content (AvgIpc) is 2.42. The molecule has 0 unspecified atom stereocenters. The summed E-state index contributed by atoms with van der Waals surface area (Å²) < 4.78 is 11.3. The summed E-state index contributed by atoms with van der Waals surface area (Å²) in [5, 5.41) is 3.72. The van der Waals surface area contributed by atoms with Gasteiger partial charge < -0.3 is 14.5 Å². The molecule has 3 nitrogen and oxygen atoms in total. The van der Waals surface area contributed by atoms with Gasteiger partial charge in [0.1, 0.15) is 5.75 Å². The Labute approximate surface area is 131 Å². The third kappa shape index (κ3) is 6.10. The number of anilines is 1. The number of unbranched alkanes of at least 4 members (excludes halogenated alkanes) is 1. The van der Waals surface area contributed by atoms with E-state index in [0.29, 0.717) is 5.04 Å². The van der Waals surface area contributed by atoms with Gasteiger partial charge in [0.2, 0.25) is 0 Å². The minimum Gasteiger partial charge on any atom is -0.497 e. The molecule has 0 saturated heterocycles. The highest BCUT2D eigenvalue weighted by Crippen LogP contribution is 2.36. The number of ether oxygens (including phenoxy) is 1. The molecule has 0 aromatic heterocycles. The molecule has 0 saturated carbocycles. The Morgan fingerprint density at radius 1 is 1.05 bits per heavy atom. The van der Waals surface area contributed by atoms with E-state index in [1.807, 2.05) is 24.3 Å². The summed E-state index contributed by atoms with van der Waals surface area (Å²) in [6.45, 7) is 13.3. The van der Waals surface area contributed by atoms with Gasteiger partial charge in [0.25, 0.3) is 0 Å². The number of rotatable bonds is 8. The molecule has 0 aliphatic heterocycles. The van der Waals surface area contributed by atoms with Gasteiger partial charge in [0.15, 0.2) is 8.32 Å². The van der Waals surface area contributed by atoms with Gasteiger partial charge in [-0.15, -0.1) is 0 Å². The van der Waals surface area contributed by atoms with E-state index in [-0.39, 0.29) is 0 Å². The zero-order valence-electron chi connectivity index (χ0n) is 14.5. The second-order valence-electron chi connectivity index (χ2n) is 6.97. The van der Waals surface area contributed by atoms with Crippen molar-refractivity contribution in [1.82, 2.24) is 0 Å². The number of hydrogen-bond donors (Lipinski definition) is 1. The summed E-state index contributed by atoms with van der Waals surface area (Å²) >= 11 is 0. The summed E-state index contributed by atoms with van der Waals surface area (Å²) in [6.07, 6.45) is 2.23. The smallest absolute Gasteiger partial charge is 0.191 e. The number of nitrogens with one attached hydrogen (secondary N) is 1. The molecule has 120 valence electrons. The van der Waals surface area contributed by atoms with Crippen molar-refractivity contribution < 1.29 is 9.16 Å². The summed E-state index contributed by atoms with van der Waals surface area (Å²) in [5.41, 5.74) is 1.14. The number of benzene rings is 1. The van der Waals surface area contributed by atoms with E-state index < -0.39 is 8.32 Å². The predicted octanol–water partition coefficient (Wildman–Crippen LogP) is 4.91.